The number of halogens is 3. The van der Waals surface area contributed by atoms with Gasteiger partial charge in [-0.2, -0.15) is 18.3 Å². The van der Waals surface area contributed by atoms with E-state index in [0.717, 1.165) is 17.0 Å². The van der Waals surface area contributed by atoms with Crippen LogP contribution in [-0.2, 0) is 23.4 Å². The Bertz CT molecular complexity index is 900. The monoisotopic (exact) mass is 378 g/mol. The van der Waals surface area contributed by atoms with Crippen LogP contribution >= 0.6 is 0 Å². The van der Waals surface area contributed by atoms with E-state index in [9.17, 15) is 22.8 Å². The fourth-order valence-electron chi connectivity index (χ4n) is 3.46. The molecule has 1 unspecified atom stereocenters. The highest BCUT2D eigenvalue weighted by Gasteiger charge is 2.51. The molecule has 1 aliphatic carbocycles. The average Bonchev–Trinajstić information content (AvgIpc) is 3.20. The average molecular weight is 378 g/mol. The topological polar surface area (TPSA) is 67.2 Å². The number of carbonyl (C=O) groups excluding carboxylic acids is 2. The summed E-state index contributed by atoms with van der Waals surface area (Å²) >= 11 is 0. The maximum absolute atomic E-state index is 12.8. The summed E-state index contributed by atoms with van der Waals surface area (Å²) in [4.78, 5) is 26.1. The minimum atomic E-state index is -4.39. The van der Waals surface area contributed by atoms with E-state index < -0.39 is 35.1 Å². The van der Waals surface area contributed by atoms with Crippen molar-refractivity contribution in [1.29, 1.82) is 0 Å². The maximum Gasteiger partial charge on any atom is 0.416 e. The molecule has 0 spiro atoms. The Kier molecular flexibility index (Phi) is 3.79. The van der Waals surface area contributed by atoms with Gasteiger partial charge in [0.2, 0.25) is 0 Å². The van der Waals surface area contributed by atoms with E-state index in [2.05, 4.69) is 10.4 Å². The van der Waals surface area contributed by atoms with Gasteiger partial charge >= 0.3 is 12.2 Å². The standard InChI is InChI=1S/C18H17F3N4O2/c1-24-9-6-13(23-24)14-15(26)25(16(27)22-14)10-17(7-8-17)11-2-4-12(5-3-11)18(19,20)21/h2-6,9,14H,7-8,10H2,1H3,(H,22,27). The third-order valence-electron chi connectivity index (χ3n) is 5.19. The summed E-state index contributed by atoms with van der Waals surface area (Å²) in [6.45, 7) is 0.145. The molecule has 0 bridgehead atoms. The minimum absolute atomic E-state index is 0.145. The lowest BCUT2D eigenvalue weighted by Gasteiger charge is -2.22. The molecule has 1 aliphatic heterocycles. The van der Waals surface area contributed by atoms with Gasteiger partial charge < -0.3 is 5.32 Å². The normalized spacial score (nSPS) is 21.5. The van der Waals surface area contributed by atoms with Crippen LogP contribution in [0.1, 0.15) is 35.7 Å². The number of imide groups is 1. The van der Waals surface area contributed by atoms with E-state index in [4.69, 9.17) is 0 Å². The number of urea groups is 1. The first-order chi connectivity index (χ1) is 12.7. The first-order valence-corrected chi connectivity index (χ1v) is 8.49. The fraction of sp³-hybridized carbons (Fsp3) is 0.389. The molecule has 4 rings (SSSR count). The quantitative estimate of drug-likeness (QED) is 0.832. The second-order valence-corrected chi connectivity index (χ2v) is 7.08. The summed E-state index contributed by atoms with van der Waals surface area (Å²) in [7, 11) is 1.71. The molecule has 27 heavy (non-hydrogen) atoms. The number of rotatable bonds is 4. The first-order valence-electron chi connectivity index (χ1n) is 8.49. The highest BCUT2D eigenvalue weighted by atomic mass is 19.4. The Morgan fingerprint density at radius 3 is 2.37 bits per heavy atom. The Morgan fingerprint density at radius 1 is 1.19 bits per heavy atom. The number of aromatic nitrogens is 2. The minimum Gasteiger partial charge on any atom is -0.320 e. The van der Waals surface area contributed by atoms with E-state index >= 15 is 0 Å². The third-order valence-corrected chi connectivity index (χ3v) is 5.19. The number of nitrogens with one attached hydrogen (secondary N) is 1. The van der Waals surface area contributed by atoms with Gasteiger partial charge in [-0.15, -0.1) is 0 Å². The molecular formula is C18H17F3N4O2. The molecule has 2 heterocycles. The predicted octanol–water partition coefficient (Wildman–Crippen LogP) is 2.76. The largest absolute Gasteiger partial charge is 0.416 e. The van der Waals surface area contributed by atoms with Crippen LogP contribution in [0.3, 0.4) is 0 Å². The summed E-state index contributed by atoms with van der Waals surface area (Å²) in [6.07, 6.45) is -1.29. The molecule has 1 saturated heterocycles. The van der Waals surface area contributed by atoms with Gasteiger partial charge in [0.15, 0.2) is 6.04 Å². The van der Waals surface area contributed by atoms with Gasteiger partial charge in [-0.3, -0.25) is 14.4 Å². The molecule has 1 aromatic heterocycles. The number of carbonyl (C=O) groups is 2. The molecule has 2 aliphatic rings. The molecular weight excluding hydrogens is 361 g/mol. The van der Waals surface area contributed by atoms with Crippen LogP contribution in [0.25, 0.3) is 0 Å². The Labute approximate surface area is 152 Å². The maximum atomic E-state index is 12.8. The van der Waals surface area contributed by atoms with Crippen molar-refractivity contribution in [2.24, 2.45) is 7.05 Å². The molecule has 2 aromatic rings. The van der Waals surface area contributed by atoms with Gasteiger partial charge in [-0.25, -0.2) is 4.79 Å². The highest BCUT2D eigenvalue weighted by Crippen LogP contribution is 2.49. The Morgan fingerprint density at radius 2 is 1.85 bits per heavy atom. The second-order valence-electron chi connectivity index (χ2n) is 7.08. The number of nitrogens with zero attached hydrogens (tertiary/aromatic N) is 3. The van der Waals surface area contributed by atoms with Crippen molar-refractivity contribution in [1.82, 2.24) is 20.0 Å². The van der Waals surface area contributed by atoms with Gasteiger partial charge in [-0.05, 0) is 36.6 Å². The summed E-state index contributed by atoms with van der Waals surface area (Å²) in [5.41, 5.74) is -0.0294. The van der Waals surface area contributed by atoms with E-state index in [-0.39, 0.29) is 6.54 Å². The van der Waals surface area contributed by atoms with Crippen LogP contribution < -0.4 is 5.32 Å². The smallest absolute Gasteiger partial charge is 0.320 e. The number of hydrogen-bond acceptors (Lipinski definition) is 3. The van der Waals surface area contributed by atoms with Crippen molar-refractivity contribution in [3.05, 3.63) is 53.3 Å². The SMILES string of the molecule is Cn1ccc(C2NC(=O)N(CC3(c4ccc(C(F)(F)F)cc4)CC3)C2=O)n1. The summed E-state index contributed by atoms with van der Waals surface area (Å²) in [5, 5.41) is 6.79. The lowest BCUT2D eigenvalue weighted by molar-refractivity contribution is -0.137. The van der Waals surface area contributed by atoms with E-state index in [1.165, 1.54) is 12.1 Å². The van der Waals surface area contributed by atoms with Crippen LogP contribution in [-0.4, -0.2) is 33.2 Å². The molecule has 1 aromatic carbocycles. The van der Waals surface area contributed by atoms with Gasteiger partial charge in [0.25, 0.3) is 5.91 Å². The molecule has 0 radical (unpaired) electrons. The fourth-order valence-corrected chi connectivity index (χ4v) is 3.46. The summed E-state index contributed by atoms with van der Waals surface area (Å²) < 4.78 is 39.8. The Hall–Kier alpha value is -2.84. The molecule has 6 nitrogen and oxygen atoms in total. The molecule has 3 amide bonds. The van der Waals surface area contributed by atoms with Crippen LogP contribution in [0.15, 0.2) is 36.5 Å². The molecule has 2 fully saturated rings. The number of hydrogen-bond donors (Lipinski definition) is 1. The number of alkyl halides is 3. The van der Waals surface area contributed by atoms with Gasteiger partial charge in [0.1, 0.15) is 0 Å². The molecule has 1 N–H and O–H groups in total. The van der Waals surface area contributed by atoms with Crippen molar-refractivity contribution in [2.45, 2.75) is 30.5 Å². The Balaban J connectivity index is 1.53. The highest BCUT2D eigenvalue weighted by molar-refractivity contribution is 6.04. The van der Waals surface area contributed by atoms with Crippen molar-refractivity contribution < 1.29 is 22.8 Å². The van der Waals surface area contributed by atoms with E-state index in [1.54, 1.807) is 24.0 Å². The first kappa shape index (κ1) is 17.6. The van der Waals surface area contributed by atoms with E-state index in [1.807, 2.05) is 0 Å². The van der Waals surface area contributed by atoms with Crippen LogP contribution in [0.2, 0.25) is 0 Å². The summed E-state index contributed by atoms with van der Waals surface area (Å²) in [5.74, 6) is -0.392. The van der Waals surface area contributed by atoms with Crippen LogP contribution in [0, 0.1) is 0 Å². The lowest BCUT2D eigenvalue weighted by Crippen LogP contribution is -2.37. The summed E-state index contributed by atoms with van der Waals surface area (Å²) in [6, 6.07) is 5.27. The van der Waals surface area contributed by atoms with Crippen molar-refractivity contribution in [3.63, 3.8) is 0 Å². The third kappa shape index (κ3) is 3.07. The van der Waals surface area contributed by atoms with Crippen molar-refractivity contribution in [3.8, 4) is 0 Å². The number of aryl methyl sites for hydroxylation is 1. The van der Waals surface area contributed by atoms with E-state index in [0.29, 0.717) is 24.1 Å². The molecule has 9 heteroatoms. The zero-order valence-corrected chi connectivity index (χ0v) is 14.5. The van der Waals surface area contributed by atoms with Gasteiger partial charge in [0, 0.05) is 25.2 Å². The zero-order chi connectivity index (χ0) is 19.4. The molecule has 142 valence electrons. The molecule has 1 atom stereocenters. The van der Waals surface area contributed by atoms with Gasteiger partial charge in [0.05, 0.1) is 11.3 Å². The van der Waals surface area contributed by atoms with Gasteiger partial charge in [-0.1, -0.05) is 12.1 Å². The van der Waals surface area contributed by atoms with Crippen molar-refractivity contribution >= 4 is 11.9 Å². The lowest BCUT2D eigenvalue weighted by atomic mass is 9.94. The number of benzene rings is 1. The number of amides is 3. The predicted molar refractivity (Wildman–Crippen MR) is 88.5 cm³/mol. The zero-order valence-electron chi connectivity index (χ0n) is 14.5. The van der Waals surface area contributed by atoms with Crippen molar-refractivity contribution in [2.75, 3.05) is 6.54 Å². The molecule has 1 saturated carbocycles. The second kappa shape index (κ2) is 5.83. The van der Waals surface area contributed by atoms with Crippen LogP contribution in [0.5, 0.6) is 0 Å². The van der Waals surface area contributed by atoms with Crippen LogP contribution in [0.4, 0.5) is 18.0 Å².